The van der Waals surface area contributed by atoms with Gasteiger partial charge >= 0.3 is 0 Å². The monoisotopic (exact) mass is 568 g/mol. The van der Waals surface area contributed by atoms with Gasteiger partial charge in [-0.1, -0.05) is 75.4 Å². The number of benzene rings is 3. The van der Waals surface area contributed by atoms with E-state index in [1.807, 2.05) is 69.3 Å². The van der Waals surface area contributed by atoms with Crippen LogP contribution in [0.4, 0.5) is 5.82 Å². The molecule has 5 rings (SSSR count). The topological polar surface area (TPSA) is 114 Å². The lowest BCUT2D eigenvalue weighted by atomic mass is 9.73. The number of carbonyl (C=O) groups is 3. The average molecular weight is 569 g/mol. The van der Waals surface area contributed by atoms with Gasteiger partial charge in [-0.05, 0) is 28.5 Å². The van der Waals surface area contributed by atoms with E-state index in [4.69, 9.17) is 9.47 Å². The maximum Gasteiger partial charge on any atom is 0.297 e. The van der Waals surface area contributed by atoms with Crippen LogP contribution in [0.25, 0.3) is 10.8 Å². The summed E-state index contributed by atoms with van der Waals surface area (Å²) in [5.74, 6) is -1.38. The molecule has 0 aliphatic carbocycles. The third-order valence-corrected chi connectivity index (χ3v) is 7.45. The smallest absolute Gasteiger partial charge is 0.297 e. The molecule has 9 nitrogen and oxygen atoms in total. The molecule has 4 aromatic rings. The molecule has 2 heterocycles. The van der Waals surface area contributed by atoms with Gasteiger partial charge in [0.1, 0.15) is 18.1 Å². The predicted octanol–water partition coefficient (Wildman–Crippen LogP) is 5.11. The minimum absolute atomic E-state index is 0.102. The molecular weight excluding hydrogens is 532 g/mol. The molecule has 0 radical (unpaired) electrons. The van der Waals surface area contributed by atoms with Gasteiger partial charge in [0, 0.05) is 36.7 Å². The van der Waals surface area contributed by atoms with Crippen molar-refractivity contribution >= 4 is 34.1 Å². The second-order valence-electron chi connectivity index (χ2n) is 11.5. The lowest BCUT2D eigenvalue weighted by molar-refractivity contribution is -0.112. The third-order valence-electron chi connectivity index (χ3n) is 7.45. The van der Waals surface area contributed by atoms with Crippen LogP contribution in [0.5, 0.6) is 5.75 Å². The highest BCUT2D eigenvalue weighted by atomic mass is 16.5. The first-order valence-corrected chi connectivity index (χ1v) is 14.2. The summed E-state index contributed by atoms with van der Waals surface area (Å²) in [6.45, 7) is 10.5. The first-order chi connectivity index (χ1) is 20.2. The number of rotatable bonds is 10. The van der Waals surface area contributed by atoms with Gasteiger partial charge in [-0.25, -0.2) is 0 Å². The first-order valence-electron chi connectivity index (χ1n) is 14.2. The predicted molar refractivity (Wildman–Crippen MR) is 161 cm³/mol. The van der Waals surface area contributed by atoms with Crippen LogP contribution in [0.1, 0.15) is 53.1 Å². The van der Waals surface area contributed by atoms with Gasteiger partial charge in [-0.3, -0.25) is 24.4 Å². The lowest BCUT2D eigenvalue weighted by Crippen LogP contribution is -2.38. The number of amides is 1. The van der Waals surface area contributed by atoms with Crippen LogP contribution in [0, 0.1) is 5.41 Å². The summed E-state index contributed by atoms with van der Waals surface area (Å²) in [6.07, 6.45) is 0. The zero-order valence-corrected chi connectivity index (χ0v) is 24.2. The molecule has 1 amide bonds. The minimum Gasteiger partial charge on any atom is -0.492 e. The number of Topliss-reactive ketones (excluding diaryl/α,β-unsaturated/α-hetero) is 2. The molecule has 9 heteroatoms. The van der Waals surface area contributed by atoms with E-state index in [0.717, 1.165) is 43.8 Å². The zero-order chi connectivity index (χ0) is 29.7. The van der Waals surface area contributed by atoms with E-state index in [1.54, 1.807) is 18.2 Å². The second-order valence-corrected chi connectivity index (χ2v) is 11.5. The Labute approximate surface area is 245 Å². The van der Waals surface area contributed by atoms with Gasteiger partial charge in [0.25, 0.3) is 11.7 Å². The van der Waals surface area contributed by atoms with Crippen LogP contribution >= 0.6 is 0 Å². The van der Waals surface area contributed by atoms with Gasteiger partial charge in [0.2, 0.25) is 0 Å². The highest BCUT2D eigenvalue weighted by Crippen LogP contribution is 2.37. The van der Waals surface area contributed by atoms with Gasteiger partial charge in [-0.2, -0.15) is 5.10 Å². The Morgan fingerprint density at radius 1 is 0.976 bits per heavy atom. The molecule has 3 aromatic carbocycles. The Balaban J connectivity index is 1.29. The van der Waals surface area contributed by atoms with E-state index in [9.17, 15) is 14.4 Å². The number of hydrogen-bond acceptors (Lipinski definition) is 7. The van der Waals surface area contributed by atoms with Crippen LogP contribution in [0.15, 0.2) is 72.8 Å². The largest absolute Gasteiger partial charge is 0.492 e. The van der Waals surface area contributed by atoms with Crippen LogP contribution in [-0.4, -0.2) is 72.0 Å². The van der Waals surface area contributed by atoms with Crippen LogP contribution < -0.4 is 10.1 Å². The van der Waals surface area contributed by atoms with Crippen molar-refractivity contribution in [2.75, 3.05) is 44.8 Å². The van der Waals surface area contributed by atoms with Gasteiger partial charge in [0.15, 0.2) is 11.6 Å². The summed E-state index contributed by atoms with van der Waals surface area (Å²) >= 11 is 0. The van der Waals surface area contributed by atoms with Gasteiger partial charge in [0.05, 0.1) is 19.1 Å². The first kappa shape index (κ1) is 29.2. The molecule has 0 spiro atoms. The number of ketones is 2. The molecular formula is C33H36N4O5. The number of nitrogens with one attached hydrogen (secondary N) is 2. The lowest BCUT2D eigenvalue weighted by Gasteiger charge is -2.29. The summed E-state index contributed by atoms with van der Waals surface area (Å²) in [4.78, 5) is 42.1. The maximum atomic E-state index is 13.5. The highest BCUT2D eigenvalue weighted by Gasteiger charge is 2.34. The van der Waals surface area contributed by atoms with Crippen molar-refractivity contribution in [3.63, 3.8) is 0 Å². The number of morpholine rings is 1. The molecule has 1 unspecified atom stereocenters. The standard InChI is InChI=1S/C33H36N4O5/c1-33(2,3)29(22-9-5-4-6-10-22)31(39)26-21-28(36-35-26)34-32(40)30(38)25-13-14-27(24-12-8-7-11-23(24)25)42-20-17-37-15-18-41-19-16-37/h4-14,21,29H,15-20H2,1-3H3,(H2,34,35,36,40). The normalized spacial score (nSPS) is 14.8. The number of carbonyl (C=O) groups excluding carboxylic acids is 3. The number of fused-ring (bicyclic) bond motifs is 1. The summed E-state index contributed by atoms with van der Waals surface area (Å²) in [6, 6.07) is 21.7. The number of nitrogens with zero attached hydrogens (tertiary/aromatic N) is 2. The molecule has 2 N–H and O–H groups in total. The van der Waals surface area contributed by atoms with E-state index in [0.29, 0.717) is 17.7 Å². The van der Waals surface area contributed by atoms with Gasteiger partial charge < -0.3 is 14.8 Å². The van der Waals surface area contributed by atoms with Gasteiger partial charge in [-0.15, -0.1) is 0 Å². The fraction of sp³-hybridized carbons (Fsp3) is 0.333. The molecule has 1 atom stereocenters. The zero-order valence-electron chi connectivity index (χ0n) is 24.2. The molecule has 1 saturated heterocycles. The maximum absolute atomic E-state index is 13.5. The number of anilines is 1. The molecule has 0 bridgehead atoms. The van der Waals surface area contributed by atoms with Crippen molar-refractivity contribution < 1.29 is 23.9 Å². The Kier molecular flexibility index (Phi) is 8.80. The van der Waals surface area contributed by atoms with Crippen molar-refractivity contribution in [1.29, 1.82) is 0 Å². The fourth-order valence-corrected chi connectivity index (χ4v) is 5.36. The Morgan fingerprint density at radius 2 is 1.67 bits per heavy atom. The highest BCUT2D eigenvalue weighted by molar-refractivity contribution is 6.48. The van der Waals surface area contributed by atoms with Crippen LogP contribution in [0.3, 0.4) is 0 Å². The Hall–Kier alpha value is -4.34. The second kappa shape index (κ2) is 12.7. The number of ether oxygens (including phenoxy) is 2. The fourth-order valence-electron chi connectivity index (χ4n) is 5.36. The molecule has 0 saturated carbocycles. The minimum atomic E-state index is -0.845. The number of aromatic amines is 1. The molecule has 42 heavy (non-hydrogen) atoms. The van der Waals surface area contributed by atoms with Crippen molar-refractivity contribution in [3.8, 4) is 5.75 Å². The SMILES string of the molecule is CC(C)(C)C(C(=O)c1cc(NC(=O)C(=O)c2ccc(OCCN3CCOCC3)c3ccccc23)n[nH]1)c1ccccc1. The average Bonchev–Trinajstić information content (AvgIpc) is 3.46. The van der Waals surface area contributed by atoms with E-state index in [1.165, 1.54) is 6.07 Å². The van der Waals surface area contributed by atoms with Crippen molar-refractivity contribution in [3.05, 3.63) is 89.6 Å². The van der Waals surface area contributed by atoms with Crippen molar-refractivity contribution in [1.82, 2.24) is 15.1 Å². The summed E-state index contributed by atoms with van der Waals surface area (Å²) < 4.78 is 11.5. The quantitative estimate of drug-likeness (QED) is 0.202. The molecule has 1 aromatic heterocycles. The molecule has 1 fully saturated rings. The van der Waals surface area contributed by atoms with E-state index >= 15 is 0 Å². The molecule has 218 valence electrons. The van der Waals surface area contributed by atoms with Crippen LogP contribution in [0.2, 0.25) is 0 Å². The number of hydrogen-bond donors (Lipinski definition) is 2. The Bertz CT molecular complexity index is 1570. The summed E-state index contributed by atoms with van der Waals surface area (Å²) in [5, 5.41) is 10.8. The molecule has 1 aliphatic rings. The van der Waals surface area contributed by atoms with Crippen LogP contribution in [-0.2, 0) is 9.53 Å². The van der Waals surface area contributed by atoms with Crippen molar-refractivity contribution in [2.24, 2.45) is 5.41 Å². The van der Waals surface area contributed by atoms with Crippen molar-refractivity contribution in [2.45, 2.75) is 26.7 Å². The van der Waals surface area contributed by atoms with E-state index in [-0.39, 0.29) is 28.3 Å². The Morgan fingerprint density at radius 3 is 2.38 bits per heavy atom. The number of aromatic nitrogens is 2. The van der Waals surface area contributed by atoms with E-state index in [2.05, 4.69) is 20.4 Å². The third kappa shape index (κ3) is 6.58. The molecule has 1 aliphatic heterocycles. The number of H-pyrrole nitrogens is 1. The summed E-state index contributed by atoms with van der Waals surface area (Å²) in [7, 11) is 0. The summed E-state index contributed by atoms with van der Waals surface area (Å²) in [5.41, 5.74) is 1.05. The van der Waals surface area contributed by atoms with E-state index < -0.39 is 17.6 Å².